The van der Waals surface area contributed by atoms with E-state index >= 15 is 0 Å². The number of aliphatic hydroxyl groups excluding tert-OH is 1. The molecule has 130 valence electrons. The fourth-order valence-corrected chi connectivity index (χ4v) is 3.50. The minimum atomic E-state index is -0.278. The van der Waals surface area contributed by atoms with Crippen LogP contribution >= 0.6 is 0 Å². The number of aryl methyl sites for hydroxylation is 1. The Bertz CT molecular complexity index is 849. The smallest absolute Gasteiger partial charge is 0.163 e. The zero-order chi connectivity index (χ0) is 17.2. The number of aliphatic hydroxyl groups is 1. The number of anilines is 1. The van der Waals surface area contributed by atoms with E-state index in [1.54, 1.807) is 17.2 Å². The van der Waals surface area contributed by atoms with Gasteiger partial charge in [0.15, 0.2) is 5.65 Å². The van der Waals surface area contributed by atoms with Gasteiger partial charge in [-0.1, -0.05) is 30.3 Å². The molecular formula is C18H22N6O. The number of β-amino-alcohol motifs (C(OH)–C–C–N with tert-alkyl or cyclic N) is 1. The molecule has 0 bridgehead atoms. The van der Waals surface area contributed by atoms with Gasteiger partial charge >= 0.3 is 0 Å². The second-order valence-corrected chi connectivity index (χ2v) is 6.57. The van der Waals surface area contributed by atoms with Crippen LogP contribution in [0.4, 0.5) is 5.82 Å². The average molecular weight is 338 g/mol. The van der Waals surface area contributed by atoms with E-state index in [0.717, 1.165) is 36.4 Å². The molecule has 0 saturated carbocycles. The summed E-state index contributed by atoms with van der Waals surface area (Å²) in [6, 6.07) is 10.6. The van der Waals surface area contributed by atoms with Gasteiger partial charge in [-0.2, -0.15) is 5.10 Å². The number of nitrogens with zero attached hydrogens (tertiary/aromatic N) is 5. The lowest BCUT2D eigenvalue weighted by Gasteiger charge is -2.24. The molecule has 0 spiro atoms. The minimum Gasteiger partial charge on any atom is -0.392 e. The summed E-state index contributed by atoms with van der Waals surface area (Å²) in [7, 11) is 1.87. The number of hydrogen-bond donors (Lipinski definition) is 2. The monoisotopic (exact) mass is 338 g/mol. The van der Waals surface area contributed by atoms with Crippen LogP contribution in [0.1, 0.15) is 12.0 Å². The van der Waals surface area contributed by atoms with Gasteiger partial charge in [-0.25, -0.2) is 9.97 Å². The number of aromatic nitrogens is 4. The van der Waals surface area contributed by atoms with E-state index < -0.39 is 0 Å². The maximum absolute atomic E-state index is 10.1. The highest BCUT2D eigenvalue weighted by Crippen LogP contribution is 2.23. The molecule has 25 heavy (non-hydrogen) atoms. The number of hydrogen-bond acceptors (Lipinski definition) is 6. The number of benzene rings is 1. The van der Waals surface area contributed by atoms with Crippen LogP contribution in [-0.4, -0.2) is 55.0 Å². The van der Waals surface area contributed by atoms with Gasteiger partial charge in [0.05, 0.1) is 17.7 Å². The van der Waals surface area contributed by atoms with E-state index in [1.165, 1.54) is 5.56 Å². The molecule has 4 rings (SSSR count). The molecule has 2 aromatic heterocycles. The first-order chi connectivity index (χ1) is 12.2. The van der Waals surface area contributed by atoms with E-state index in [4.69, 9.17) is 0 Å². The van der Waals surface area contributed by atoms with Crippen molar-refractivity contribution in [2.45, 2.75) is 25.1 Å². The van der Waals surface area contributed by atoms with Crippen molar-refractivity contribution in [2.24, 2.45) is 7.05 Å². The summed E-state index contributed by atoms with van der Waals surface area (Å²) >= 11 is 0. The molecule has 7 heteroatoms. The third kappa shape index (κ3) is 3.33. The van der Waals surface area contributed by atoms with Gasteiger partial charge in [-0.15, -0.1) is 0 Å². The van der Waals surface area contributed by atoms with Gasteiger partial charge in [0.25, 0.3) is 0 Å². The lowest BCUT2D eigenvalue weighted by molar-refractivity contribution is 0.173. The summed E-state index contributed by atoms with van der Waals surface area (Å²) < 4.78 is 1.74. The predicted molar refractivity (Wildman–Crippen MR) is 96.1 cm³/mol. The zero-order valence-electron chi connectivity index (χ0n) is 14.2. The summed E-state index contributed by atoms with van der Waals surface area (Å²) in [4.78, 5) is 10.9. The molecular weight excluding hydrogens is 316 g/mol. The second-order valence-electron chi connectivity index (χ2n) is 6.57. The van der Waals surface area contributed by atoms with Crippen molar-refractivity contribution in [2.75, 3.05) is 18.4 Å². The maximum Gasteiger partial charge on any atom is 0.163 e. The number of rotatable bonds is 5. The van der Waals surface area contributed by atoms with E-state index in [2.05, 4.69) is 49.5 Å². The van der Waals surface area contributed by atoms with E-state index in [9.17, 15) is 5.11 Å². The summed E-state index contributed by atoms with van der Waals surface area (Å²) in [5.41, 5.74) is 2.07. The first-order valence-electron chi connectivity index (χ1n) is 8.53. The van der Waals surface area contributed by atoms with E-state index in [0.29, 0.717) is 6.54 Å². The Labute approximate surface area is 146 Å². The molecule has 2 unspecified atom stereocenters. The van der Waals surface area contributed by atoms with Crippen molar-refractivity contribution in [1.82, 2.24) is 24.6 Å². The fraction of sp³-hybridized carbons (Fsp3) is 0.389. The van der Waals surface area contributed by atoms with Crippen LogP contribution in [0.2, 0.25) is 0 Å². The molecule has 7 nitrogen and oxygen atoms in total. The topological polar surface area (TPSA) is 79.1 Å². The van der Waals surface area contributed by atoms with Crippen molar-refractivity contribution in [3.05, 3.63) is 48.4 Å². The summed E-state index contributed by atoms with van der Waals surface area (Å²) in [5, 5.41) is 18.7. The Balaban J connectivity index is 1.47. The highest BCUT2D eigenvalue weighted by atomic mass is 16.3. The lowest BCUT2D eigenvalue weighted by Crippen LogP contribution is -2.34. The van der Waals surface area contributed by atoms with E-state index in [-0.39, 0.29) is 12.1 Å². The molecule has 0 radical (unpaired) electrons. The molecule has 1 saturated heterocycles. The largest absolute Gasteiger partial charge is 0.392 e. The molecule has 3 heterocycles. The highest BCUT2D eigenvalue weighted by Gasteiger charge is 2.30. The predicted octanol–water partition coefficient (Wildman–Crippen LogP) is 1.41. The van der Waals surface area contributed by atoms with Gasteiger partial charge in [0, 0.05) is 32.7 Å². The average Bonchev–Trinajstić information content (AvgIpc) is 3.17. The molecule has 1 aliphatic heterocycles. The van der Waals surface area contributed by atoms with Gasteiger partial charge in [0.1, 0.15) is 12.1 Å². The fourth-order valence-electron chi connectivity index (χ4n) is 3.50. The molecule has 0 aliphatic carbocycles. The Morgan fingerprint density at radius 2 is 2.08 bits per heavy atom. The molecule has 1 aromatic carbocycles. The summed E-state index contributed by atoms with van der Waals surface area (Å²) in [6.45, 7) is 2.27. The molecule has 2 atom stereocenters. The van der Waals surface area contributed by atoms with Crippen molar-refractivity contribution >= 4 is 16.9 Å². The first kappa shape index (κ1) is 16.0. The van der Waals surface area contributed by atoms with Gasteiger partial charge in [-0.05, 0) is 12.0 Å². The Morgan fingerprint density at radius 1 is 1.24 bits per heavy atom. The van der Waals surface area contributed by atoms with Crippen molar-refractivity contribution in [3.63, 3.8) is 0 Å². The Hall–Kier alpha value is -2.51. The third-order valence-electron chi connectivity index (χ3n) is 4.77. The first-order valence-corrected chi connectivity index (χ1v) is 8.53. The van der Waals surface area contributed by atoms with Crippen molar-refractivity contribution in [1.29, 1.82) is 0 Å². The maximum atomic E-state index is 10.1. The quantitative estimate of drug-likeness (QED) is 0.732. The van der Waals surface area contributed by atoms with Gasteiger partial charge in [-0.3, -0.25) is 9.58 Å². The van der Waals surface area contributed by atoms with Crippen molar-refractivity contribution in [3.8, 4) is 0 Å². The van der Waals surface area contributed by atoms with Crippen LogP contribution in [0.15, 0.2) is 42.9 Å². The van der Waals surface area contributed by atoms with Crippen LogP contribution in [0, 0.1) is 0 Å². The normalized spacial score (nSPS) is 21.0. The highest BCUT2D eigenvalue weighted by molar-refractivity contribution is 5.85. The van der Waals surface area contributed by atoms with Crippen LogP contribution in [0.3, 0.4) is 0 Å². The van der Waals surface area contributed by atoms with Crippen LogP contribution < -0.4 is 5.32 Å². The number of fused-ring (bicyclic) bond motifs is 1. The second kappa shape index (κ2) is 6.78. The Morgan fingerprint density at radius 3 is 2.92 bits per heavy atom. The lowest BCUT2D eigenvalue weighted by atomic mass is 10.1. The minimum absolute atomic E-state index is 0.261. The standard InChI is InChI=1S/C18H22N6O/c1-23-18-16(9-22-23)17(20-12-21-18)19-8-14-7-15(25)11-24(14)10-13-5-3-2-4-6-13/h2-6,9,12,14-15,25H,7-8,10-11H2,1H3,(H,19,20,21). The van der Waals surface area contributed by atoms with Gasteiger partial charge < -0.3 is 10.4 Å². The third-order valence-corrected chi connectivity index (χ3v) is 4.77. The van der Waals surface area contributed by atoms with Crippen molar-refractivity contribution < 1.29 is 5.11 Å². The van der Waals surface area contributed by atoms with Crippen LogP contribution in [-0.2, 0) is 13.6 Å². The van der Waals surface area contributed by atoms with Crippen LogP contribution in [0.25, 0.3) is 11.0 Å². The molecule has 1 fully saturated rings. The summed E-state index contributed by atoms with van der Waals surface area (Å²) in [6.07, 6.45) is 3.82. The molecule has 0 amide bonds. The zero-order valence-corrected chi connectivity index (χ0v) is 14.2. The SMILES string of the molecule is Cn1ncc2c(NCC3CC(O)CN3Cc3ccccc3)ncnc21. The molecule has 3 aromatic rings. The van der Waals surface area contributed by atoms with Gasteiger partial charge in [0.2, 0.25) is 0 Å². The van der Waals surface area contributed by atoms with Crippen LogP contribution in [0.5, 0.6) is 0 Å². The molecule has 2 N–H and O–H groups in total. The summed E-state index contributed by atoms with van der Waals surface area (Å²) in [5.74, 6) is 0.791. The number of nitrogens with one attached hydrogen (secondary N) is 1. The van der Waals surface area contributed by atoms with E-state index in [1.807, 2.05) is 13.1 Å². The Kier molecular flexibility index (Phi) is 4.33. The molecule has 1 aliphatic rings. The number of likely N-dealkylation sites (tertiary alicyclic amines) is 1.